The zero-order chi connectivity index (χ0) is 8.27. The van der Waals surface area contributed by atoms with Gasteiger partial charge in [0, 0.05) is 20.3 Å². The van der Waals surface area contributed by atoms with Gasteiger partial charge in [-0.2, -0.15) is 5.06 Å². The summed E-state index contributed by atoms with van der Waals surface area (Å²) in [6, 6.07) is 0. The Hall–Kier alpha value is -0.870. The van der Waals surface area contributed by atoms with E-state index in [0.717, 1.165) is 12.2 Å². The number of nitrogens with zero attached hydrogens (tertiary/aromatic N) is 3. The Kier molecular flexibility index (Phi) is 2.62. The van der Waals surface area contributed by atoms with Gasteiger partial charge in [-0.05, 0) is 0 Å². The first kappa shape index (κ1) is 8.23. The van der Waals surface area contributed by atoms with Crippen molar-refractivity contribution < 1.29 is 4.84 Å². The van der Waals surface area contributed by atoms with Gasteiger partial charge in [-0.25, -0.2) is 4.98 Å². The third-order valence-electron chi connectivity index (χ3n) is 1.61. The van der Waals surface area contributed by atoms with Gasteiger partial charge in [0.2, 0.25) is 0 Å². The maximum atomic E-state index is 4.97. The van der Waals surface area contributed by atoms with E-state index >= 15 is 0 Å². The molecule has 0 atom stereocenters. The molecule has 0 bridgehead atoms. The molecule has 0 fully saturated rings. The molecule has 0 aliphatic carbocycles. The average Bonchev–Trinajstić information content (AvgIpc) is 2.37. The molecule has 62 valence electrons. The Morgan fingerprint density at radius 3 is 2.91 bits per heavy atom. The summed E-state index contributed by atoms with van der Waals surface area (Å²) in [4.78, 5) is 8.96. The third kappa shape index (κ3) is 2.03. The summed E-state index contributed by atoms with van der Waals surface area (Å²) in [5.41, 5.74) is 1.13. The minimum Gasteiger partial charge on any atom is -0.336 e. The number of hydrogen-bond donors (Lipinski definition) is 0. The van der Waals surface area contributed by atoms with Crippen molar-refractivity contribution in [2.45, 2.75) is 6.54 Å². The topological polar surface area (TPSA) is 30.3 Å². The fraction of sp³-hybridized carbons (Fsp3) is 0.571. The van der Waals surface area contributed by atoms with Gasteiger partial charge in [0.05, 0.1) is 25.7 Å². The largest absolute Gasteiger partial charge is 0.336 e. The molecule has 0 saturated carbocycles. The number of rotatable bonds is 3. The Labute approximate surface area is 66.4 Å². The summed E-state index contributed by atoms with van der Waals surface area (Å²) in [5, 5.41) is 1.75. The van der Waals surface area contributed by atoms with Crippen molar-refractivity contribution in [2.24, 2.45) is 7.05 Å². The van der Waals surface area contributed by atoms with Crippen LogP contribution in [0.5, 0.6) is 0 Å². The van der Waals surface area contributed by atoms with E-state index in [-0.39, 0.29) is 0 Å². The second-order valence-electron chi connectivity index (χ2n) is 2.46. The van der Waals surface area contributed by atoms with Gasteiger partial charge >= 0.3 is 0 Å². The highest BCUT2D eigenvalue weighted by molar-refractivity contribution is 4.95. The standard InChI is InChI=1S/C7H13N3O/c1-9-6-8-4-7(9)5-10(2)11-3/h4,6H,5H2,1-3H3. The van der Waals surface area contributed by atoms with Crippen molar-refractivity contribution in [3.05, 3.63) is 18.2 Å². The monoisotopic (exact) mass is 155 g/mol. The highest BCUT2D eigenvalue weighted by atomic mass is 16.7. The van der Waals surface area contributed by atoms with Crippen LogP contribution in [0.4, 0.5) is 0 Å². The van der Waals surface area contributed by atoms with E-state index < -0.39 is 0 Å². The molecule has 4 heteroatoms. The molecular formula is C7H13N3O. The quantitative estimate of drug-likeness (QED) is 0.592. The highest BCUT2D eigenvalue weighted by Gasteiger charge is 2.01. The molecule has 1 aromatic rings. The van der Waals surface area contributed by atoms with Crippen LogP contribution in [-0.2, 0) is 18.4 Å². The first-order chi connectivity index (χ1) is 5.24. The molecule has 0 N–H and O–H groups in total. The van der Waals surface area contributed by atoms with Crippen molar-refractivity contribution in [3.63, 3.8) is 0 Å². The third-order valence-corrected chi connectivity index (χ3v) is 1.61. The first-order valence-electron chi connectivity index (χ1n) is 3.44. The van der Waals surface area contributed by atoms with Gasteiger partial charge in [-0.15, -0.1) is 0 Å². The number of aromatic nitrogens is 2. The van der Waals surface area contributed by atoms with Gasteiger partial charge in [0.15, 0.2) is 0 Å². The minimum atomic E-state index is 0.757. The van der Waals surface area contributed by atoms with Crippen LogP contribution in [0.1, 0.15) is 5.69 Å². The molecule has 0 amide bonds. The van der Waals surface area contributed by atoms with Crippen LogP contribution in [0, 0.1) is 0 Å². The summed E-state index contributed by atoms with van der Waals surface area (Å²) in [7, 11) is 5.50. The van der Waals surface area contributed by atoms with E-state index in [2.05, 4.69) is 4.98 Å². The zero-order valence-electron chi connectivity index (χ0n) is 7.11. The molecule has 0 unspecified atom stereocenters. The van der Waals surface area contributed by atoms with Crippen LogP contribution < -0.4 is 0 Å². The van der Waals surface area contributed by atoms with Gasteiger partial charge in [-0.1, -0.05) is 0 Å². The summed E-state index contributed by atoms with van der Waals surface area (Å²) in [6.45, 7) is 0.757. The molecule has 1 heterocycles. The van der Waals surface area contributed by atoms with E-state index in [4.69, 9.17) is 4.84 Å². The van der Waals surface area contributed by atoms with Crippen LogP contribution >= 0.6 is 0 Å². The number of hydroxylamine groups is 2. The molecule has 1 rings (SSSR count). The molecule has 0 saturated heterocycles. The van der Waals surface area contributed by atoms with Gasteiger partial charge < -0.3 is 9.40 Å². The average molecular weight is 155 g/mol. The molecule has 0 aliphatic heterocycles. The maximum absolute atomic E-state index is 4.97. The van der Waals surface area contributed by atoms with Crippen molar-refractivity contribution in [3.8, 4) is 0 Å². The summed E-state index contributed by atoms with van der Waals surface area (Å²) >= 11 is 0. The Bertz CT molecular complexity index is 221. The zero-order valence-corrected chi connectivity index (χ0v) is 7.11. The number of aryl methyl sites for hydroxylation is 1. The molecule has 0 spiro atoms. The van der Waals surface area contributed by atoms with E-state index in [1.54, 1.807) is 18.5 Å². The van der Waals surface area contributed by atoms with E-state index in [1.807, 2.05) is 24.9 Å². The van der Waals surface area contributed by atoms with Gasteiger partial charge in [-0.3, -0.25) is 0 Å². The second-order valence-corrected chi connectivity index (χ2v) is 2.46. The lowest BCUT2D eigenvalue weighted by Gasteiger charge is -2.12. The lowest BCUT2D eigenvalue weighted by molar-refractivity contribution is -0.117. The fourth-order valence-electron chi connectivity index (χ4n) is 0.830. The van der Waals surface area contributed by atoms with E-state index in [1.165, 1.54) is 0 Å². The van der Waals surface area contributed by atoms with Crippen molar-refractivity contribution >= 4 is 0 Å². The van der Waals surface area contributed by atoms with E-state index in [9.17, 15) is 0 Å². The Morgan fingerprint density at radius 2 is 2.45 bits per heavy atom. The van der Waals surface area contributed by atoms with Crippen LogP contribution in [0.2, 0.25) is 0 Å². The van der Waals surface area contributed by atoms with Crippen LogP contribution in [0.15, 0.2) is 12.5 Å². The predicted octanol–water partition coefficient (Wildman–Crippen LogP) is 0.413. The molecule has 0 aliphatic rings. The van der Waals surface area contributed by atoms with Crippen molar-refractivity contribution in [1.82, 2.24) is 14.6 Å². The summed E-state index contributed by atoms with van der Waals surface area (Å²) in [6.07, 6.45) is 3.61. The van der Waals surface area contributed by atoms with Crippen LogP contribution in [0.3, 0.4) is 0 Å². The molecule has 0 aromatic carbocycles. The summed E-state index contributed by atoms with van der Waals surface area (Å²) < 4.78 is 1.97. The number of imidazole rings is 1. The lowest BCUT2D eigenvalue weighted by Crippen LogP contribution is -2.17. The molecule has 11 heavy (non-hydrogen) atoms. The first-order valence-corrected chi connectivity index (χ1v) is 3.44. The normalized spacial score (nSPS) is 10.9. The van der Waals surface area contributed by atoms with Crippen LogP contribution in [-0.4, -0.2) is 28.8 Å². The van der Waals surface area contributed by atoms with Gasteiger partial charge in [0.1, 0.15) is 0 Å². The van der Waals surface area contributed by atoms with Crippen molar-refractivity contribution in [2.75, 3.05) is 14.2 Å². The predicted molar refractivity (Wildman–Crippen MR) is 41.7 cm³/mol. The van der Waals surface area contributed by atoms with E-state index in [0.29, 0.717) is 0 Å². The molecule has 4 nitrogen and oxygen atoms in total. The lowest BCUT2D eigenvalue weighted by atomic mass is 10.4. The number of hydrogen-bond acceptors (Lipinski definition) is 3. The second kappa shape index (κ2) is 3.50. The smallest absolute Gasteiger partial charge is 0.0945 e. The SMILES string of the molecule is CON(C)Cc1cncn1C. The molecule has 1 aromatic heterocycles. The van der Waals surface area contributed by atoms with Crippen LogP contribution in [0.25, 0.3) is 0 Å². The maximum Gasteiger partial charge on any atom is 0.0945 e. The molecular weight excluding hydrogens is 142 g/mol. The minimum absolute atomic E-state index is 0.757. The highest BCUT2D eigenvalue weighted by Crippen LogP contribution is 1.99. The molecule has 0 radical (unpaired) electrons. The van der Waals surface area contributed by atoms with Gasteiger partial charge in [0.25, 0.3) is 0 Å². The van der Waals surface area contributed by atoms with Crippen molar-refractivity contribution in [1.29, 1.82) is 0 Å². The summed E-state index contributed by atoms with van der Waals surface area (Å²) in [5.74, 6) is 0. The Morgan fingerprint density at radius 1 is 1.73 bits per heavy atom. The fourth-order valence-corrected chi connectivity index (χ4v) is 0.830. The Balaban J connectivity index is 2.56.